The van der Waals surface area contributed by atoms with Crippen LogP contribution in [0.25, 0.3) is 0 Å². The summed E-state index contributed by atoms with van der Waals surface area (Å²) in [4.78, 5) is 26.4. The van der Waals surface area contributed by atoms with E-state index in [2.05, 4.69) is 4.90 Å². The van der Waals surface area contributed by atoms with Crippen molar-refractivity contribution >= 4 is 5.97 Å². The van der Waals surface area contributed by atoms with E-state index in [9.17, 15) is 14.7 Å². The summed E-state index contributed by atoms with van der Waals surface area (Å²) in [7, 11) is 1.71. The van der Waals surface area contributed by atoms with Crippen LogP contribution < -0.4 is 10.2 Å². The Hall–Kier alpha value is -2.64. The van der Waals surface area contributed by atoms with E-state index in [1.165, 1.54) is 6.20 Å². The van der Waals surface area contributed by atoms with Crippen LogP contribution in [0.2, 0.25) is 0 Å². The Kier molecular flexibility index (Phi) is 6.84. The molecule has 1 N–H and O–H groups in total. The lowest BCUT2D eigenvalue weighted by atomic mass is 10.1. The quantitative estimate of drug-likeness (QED) is 0.668. The summed E-state index contributed by atoms with van der Waals surface area (Å²) in [5.74, 6) is -0.318. The number of methoxy groups -OCH3 is 1. The largest absolute Gasteiger partial charge is 0.477 e. The first-order valence-corrected chi connectivity index (χ1v) is 9.48. The number of hydrogen-bond donors (Lipinski definition) is 1. The van der Waals surface area contributed by atoms with Gasteiger partial charge in [0.25, 0.3) is 0 Å². The summed E-state index contributed by atoms with van der Waals surface area (Å²) in [6.45, 7) is 4.37. The van der Waals surface area contributed by atoms with E-state index in [0.29, 0.717) is 18.2 Å². The molecule has 2 aromatic rings. The number of carboxylic acids is 1. The molecule has 1 unspecified atom stereocenters. The molecule has 1 aromatic carbocycles. The molecule has 1 saturated heterocycles. The van der Waals surface area contributed by atoms with Gasteiger partial charge in [0.15, 0.2) is 5.75 Å². The maximum absolute atomic E-state index is 12.5. The van der Waals surface area contributed by atoms with E-state index in [1.807, 2.05) is 6.07 Å². The Morgan fingerprint density at radius 2 is 2.04 bits per heavy atom. The van der Waals surface area contributed by atoms with Crippen LogP contribution in [0.15, 0.2) is 47.5 Å². The lowest BCUT2D eigenvalue weighted by Crippen LogP contribution is -2.25. The second-order valence-corrected chi connectivity index (χ2v) is 7.08. The van der Waals surface area contributed by atoms with Gasteiger partial charge < -0.3 is 24.0 Å². The van der Waals surface area contributed by atoms with E-state index in [-0.39, 0.29) is 11.3 Å². The van der Waals surface area contributed by atoms with Crippen LogP contribution in [0.3, 0.4) is 0 Å². The number of aromatic nitrogens is 1. The lowest BCUT2D eigenvalue weighted by Gasteiger charge is -2.17. The number of aromatic carboxylic acids is 1. The maximum atomic E-state index is 12.5. The molecule has 1 atom stereocenters. The fraction of sp³-hybridized carbons (Fsp3) is 0.429. The molecule has 150 valence electrons. The van der Waals surface area contributed by atoms with Gasteiger partial charge in [-0.1, -0.05) is 18.2 Å². The summed E-state index contributed by atoms with van der Waals surface area (Å²) in [5, 5.41) is 9.42. The predicted molar refractivity (Wildman–Crippen MR) is 105 cm³/mol. The van der Waals surface area contributed by atoms with Crippen molar-refractivity contribution in [2.75, 3.05) is 33.4 Å². The Morgan fingerprint density at radius 1 is 1.25 bits per heavy atom. The third-order valence-corrected chi connectivity index (χ3v) is 4.91. The van der Waals surface area contributed by atoms with Gasteiger partial charge in [-0.05, 0) is 37.4 Å². The van der Waals surface area contributed by atoms with E-state index in [4.69, 9.17) is 9.47 Å². The first-order valence-electron chi connectivity index (χ1n) is 9.48. The fourth-order valence-corrected chi connectivity index (χ4v) is 3.55. The minimum atomic E-state index is -1.25. The fourth-order valence-electron chi connectivity index (χ4n) is 3.55. The minimum Gasteiger partial charge on any atom is -0.477 e. The highest BCUT2D eigenvalue weighted by molar-refractivity contribution is 5.87. The SMILES string of the molecule is COCCCN1CCC(Cn2cc(Oc3ccccc3)c(=O)c(C(=O)O)c2)C1. The molecule has 1 aliphatic heterocycles. The topological polar surface area (TPSA) is 81.0 Å². The van der Waals surface area contributed by atoms with Gasteiger partial charge >= 0.3 is 5.97 Å². The number of ether oxygens (including phenoxy) is 2. The zero-order valence-corrected chi connectivity index (χ0v) is 16.0. The molecule has 2 heterocycles. The van der Waals surface area contributed by atoms with Crippen LogP contribution in [0.5, 0.6) is 11.5 Å². The van der Waals surface area contributed by atoms with Gasteiger partial charge in [-0.3, -0.25) is 4.79 Å². The third-order valence-electron chi connectivity index (χ3n) is 4.91. The molecule has 7 heteroatoms. The number of carboxylic acid groups (broad SMARTS) is 1. The van der Waals surface area contributed by atoms with Gasteiger partial charge in [0, 0.05) is 39.5 Å². The number of nitrogens with zero attached hydrogens (tertiary/aromatic N) is 2. The van der Waals surface area contributed by atoms with Crippen molar-refractivity contribution in [2.24, 2.45) is 5.92 Å². The molecular weight excluding hydrogens is 360 g/mol. The van der Waals surface area contributed by atoms with E-state index in [0.717, 1.165) is 39.1 Å². The first kappa shape index (κ1) is 20.1. The molecule has 0 spiro atoms. The first-order chi connectivity index (χ1) is 13.6. The van der Waals surface area contributed by atoms with Crippen molar-refractivity contribution in [3.8, 4) is 11.5 Å². The summed E-state index contributed by atoms with van der Waals surface area (Å²) < 4.78 is 12.5. The highest BCUT2D eigenvalue weighted by Crippen LogP contribution is 2.21. The van der Waals surface area contributed by atoms with Crippen molar-refractivity contribution in [1.82, 2.24) is 9.47 Å². The number of pyridine rings is 1. The number of benzene rings is 1. The molecular formula is C21H26N2O5. The molecule has 1 aliphatic rings. The van der Waals surface area contributed by atoms with E-state index >= 15 is 0 Å². The van der Waals surface area contributed by atoms with Crippen LogP contribution in [-0.2, 0) is 11.3 Å². The summed E-state index contributed by atoms with van der Waals surface area (Å²) in [6.07, 6.45) is 5.06. The molecule has 1 fully saturated rings. The Morgan fingerprint density at radius 3 is 2.75 bits per heavy atom. The van der Waals surface area contributed by atoms with Gasteiger partial charge in [-0.15, -0.1) is 0 Å². The number of hydrogen-bond acceptors (Lipinski definition) is 5. The molecule has 1 aromatic heterocycles. The van der Waals surface area contributed by atoms with Gasteiger partial charge in [0.2, 0.25) is 5.43 Å². The van der Waals surface area contributed by atoms with E-state index < -0.39 is 11.4 Å². The Balaban J connectivity index is 1.74. The van der Waals surface area contributed by atoms with Gasteiger partial charge in [-0.2, -0.15) is 0 Å². The van der Waals surface area contributed by atoms with Gasteiger partial charge in [0.05, 0.1) is 6.20 Å². The molecule has 0 aliphatic carbocycles. The minimum absolute atomic E-state index is 0.0287. The van der Waals surface area contributed by atoms with E-state index in [1.54, 1.807) is 42.1 Å². The van der Waals surface area contributed by atoms with Crippen molar-refractivity contribution in [1.29, 1.82) is 0 Å². The maximum Gasteiger partial charge on any atom is 0.341 e. The number of carbonyl (C=O) groups is 1. The summed E-state index contributed by atoms with van der Waals surface area (Å²) in [5.41, 5.74) is -0.886. The Labute approximate surface area is 164 Å². The number of likely N-dealkylation sites (tertiary alicyclic amines) is 1. The predicted octanol–water partition coefficient (Wildman–Crippen LogP) is 2.70. The lowest BCUT2D eigenvalue weighted by molar-refractivity contribution is 0.0693. The zero-order valence-electron chi connectivity index (χ0n) is 16.0. The van der Waals surface area contributed by atoms with Crippen molar-refractivity contribution in [2.45, 2.75) is 19.4 Å². The molecule has 0 radical (unpaired) electrons. The van der Waals surface area contributed by atoms with Crippen LogP contribution in [-0.4, -0.2) is 53.9 Å². The number of rotatable bonds is 9. The molecule has 7 nitrogen and oxygen atoms in total. The molecule has 0 bridgehead atoms. The zero-order chi connectivity index (χ0) is 19.9. The van der Waals surface area contributed by atoms with Crippen LogP contribution >= 0.6 is 0 Å². The summed E-state index contributed by atoms with van der Waals surface area (Å²) >= 11 is 0. The van der Waals surface area contributed by atoms with Crippen LogP contribution in [0.1, 0.15) is 23.2 Å². The highest BCUT2D eigenvalue weighted by Gasteiger charge is 2.23. The highest BCUT2D eigenvalue weighted by atomic mass is 16.5. The summed E-state index contributed by atoms with van der Waals surface area (Å²) in [6, 6.07) is 8.90. The Bertz CT molecular complexity index is 850. The molecule has 28 heavy (non-hydrogen) atoms. The van der Waals surface area contributed by atoms with Crippen LogP contribution in [0.4, 0.5) is 0 Å². The van der Waals surface area contributed by atoms with Crippen LogP contribution in [0, 0.1) is 5.92 Å². The standard InChI is InChI=1S/C21H26N2O5/c1-27-11-5-9-22-10-8-16(12-22)13-23-14-18(21(25)26)20(24)19(15-23)28-17-6-3-2-4-7-17/h2-4,6-7,14-16H,5,8-13H2,1H3,(H,25,26). The molecule has 0 amide bonds. The van der Waals surface area contributed by atoms with Gasteiger partial charge in [-0.25, -0.2) is 4.79 Å². The molecule has 3 rings (SSSR count). The van der Waals surface area contributed by atoms with Gasteiger partial charge in [0.1, 0.15) is 11.3 Å². The smallest absolute Gasteiger partial charge is 0.341 e. The average Bonchev–Trinajstić information content (AvgIpc) is 3.12. The average molecular weight is 386 g/mol. The number of para-hydroxylation sites is 1. The van der Waals surface area contributed by atoms with Crippen molar-refractivity contribution < 1.29 is 19.4 Å². The van der Waals surface area contributed by atoms with Crippen molar-refractivity contribution in [3.05, 3.63) is 58.5 Å². The third kappa shape index (κ3) is 5.21. The van der Waals surface area contributed by atoms with Crippen molar-refractivity contribution in [3.63, 3.8) is 0 Å². The normalized spacial score (nSPS) is 17.0. The second kappa shape index (κ2) is 9.52. The molecule has 0 saturated carbocycles. The second-order valence-electron chi connectivity index (χ2n) is 7.08. The monoisotopic (exact) mass is 386 g/mol.